The summed E-state index contributed by atoms with van der Waals surface area (Å²) in [6, 6.07) is 0.369. The molecule has 2 rings (SSSR count). The van der Waals surface area contributed by atoms with Crippen LogP contribution < -0.4 is 5.32 Å². The molecule has 1 fully saturated rings. The van der Waals surface area contributed by atoms with Crippen molar-refractivity contribution in [2.24, 2.45) is 7.05 Å². The van der Waals surface area contributed by atoms with E-state index in [9.17, 15) is 0 Å². The zero-order valence-corrected chi connectivity index (χ0v) is 13.7. The van der Waals surface area contributed by atoms with Crippen molar-refractivity contribution < 1.29 is 4.74 Å². The number of nitrogens with zero attached hydrogens (tertiary/aromatic N) is 3. The van der Waals surface area contributed by atoms with Crippen molar-refractivity contribution in [2.75, 3.05) is 32.8 Å². The summed E-state index contributed by atoms with van der Waals surface area (Å²) >= 11 is 0. The molecular weight excluding hydrogens is 264 g/mol. The molecule has 0 aliphatic carbocycles. The van der Waals surface area contributed by atoms with E-state index in [1.165, 1.54) is 18.5 Å². The van der Waals surface area contributed by atoms with Gasteiger partial charge in [0, 0.05) is 32.4 Å². The zero-order chi connectivity index (χ0) is 15.1. The minimum atomic E-state index is 0.275. The highest BCUT2D eigenvalue weighted by molar-refractivity contribution is 5.07. The topological polar surface area (TPSA) is 42.3 Å². The molecule has 2 heterocycles. The van der Waals surface area contributed by atoms with Crippen LogP contribution in [0.2, 0.25) is 0 Å². The first-order valence-corrected chi connectivity index (χ1v) is 8.27. The van der Waals surface area contributed by atoms with Crippen molar-refractivity contribution in [1.82, 2.24) is 20.0 Å². The monoisotopic (exact) mass is 294 g/mol. The highest BCUT2D eigenvalue weighted by Crippen LogP contribution is 2.14. The molecule has 1 aromatic rings. The van der Waals surface area contributed by atoms with Gasteiger partial charge in [-0.1, -0.05) is 13.8 Å². The van der Waals surface area contributed by atoms with E-state index in [-0.39, 0.29) is 6.10 Å². The van der Waals surface area contributed by atoms with Crippen LogP contribution in [-0.2, 0) is 18.2 Å². The molecule has 0 radical (unpaired) electrons. The fraction of sp³-hybridized carbons (Fsp3) is 0.812. The standard InChI is InChI=1S/C16H30N4O/c1-4-6-17-15(10-14-11-18-19(3)12-14)16-13-20(7-5-2)8-9-21-16/h11-12,15-17H,4-10,13H2,1-3H3. The van der Waals surface area contributed by atoms with Gasteiger partial charge in [-0.05, 0) is 37.9 Å². The summed E-state index contributed by atoms with van der Waals surface area (Å²) in [4.78, 5) is 2.53. The van der Waals surface area contributed by atoms with Crippen molar-refractivity contribution in [3.8, 4) is 0 Å². The molecule has 120 valence electrons. The van der Waals surface area contributed by atoms with Crippen LogP contribution in [0.15, 0.2) is 12.4 Å². The van der Waals surface area contributed by atoms with Crippen LogP contribution in [0.5, 0.6) is 0 Å². The first kappa shape index (κ1) is 16.5. The van der Waals surface area contributed by atoms with Gasteiger partial charge < -0.3 is 10.1 Å². The zero-order valence-electron chi connectivity index (χ0n) is 13.7. The van der Waals surface area contributed by atoms with Gasteiger partial charge in [0.15, 0.2) is 0 Å². The fourth-order valence-corrected chi connectivity index (χ4v) is 2.99. The summed E-state index contributed by atoms with van der Waals surface area (Å²) in [6.07, 6.45) is 7.69. The second kappa shape index (κ2) is 8.51. The first-order chi connectivity index (χ1) is 10.2. The van der Waals surface area contributed by atoms with Gasteiger partial charge in [-0.3, -0.25) is 9.58 Å². The molecule has 5 heteroatoms. The Morgan fingerprint density at radius 3 is 2.95 bits per heavy atom. The number of nitrogens with one attached hydrogen (secondary N) is 1. The van der Waals surface area contributed by atoms with Crippen molar-refractivity contribution in [3.05, 3.63) is 18.0 Å². The summed E-state index contributed by atoms with van der Waals surface area (Å²) < 4.78 is 7.93. The molecule has 0 amide bonds. The van der Waals surface area contributed by atoms with E-state index in [0.717, 1.165) is 39.1 Å². The van der Waals surface area contributed by atoms with Gasteiger partial charge in [0.05, 0.1) is 18.9 Å². The molecule has 0 spiro atoms. The summed E-state index contributed by atoms with van der Waals surface area (Å²) in [6.45, 7) is 9.62. The number of morpholine rings is 1. The van der Waals surface area contributed by atoms with Crippen LogP contribution in [-0.4, -0.2) is 59.6 Å². The van der Waals surface area contributed by atoms with E-state index in [4.69, 9.17) is 4.74 Å². The van der Waals surface area contributed by atoms with Gasteiger partial charge in [-0.15, -0.1) is 0 Å². The van der Waals surface area contributed by atoms with Crippen LogP contribution in [0.3, 0.4) is 0 Å². The normalized spacial score (nSPS) is 21.6. The van der Waals surface area contributed by atoms with Crippen molar-refractivity contribution >= 4 is 0 Å². The number of ether oxygens (including phenoxy) is 1. The summed E-state index contributed by atoms with van der Waals surface area (Å²) in [5.41, 5.74) is 1.28. The van der Waals surface area contributed by atoms with Crippen molar-refractivity contribution in [1.29, 1.82) is 0 Å². The van der Waals surface area contributed by atoms with E-state index >= 15 is 0 Å². The Morgan fingerprint density at radius 1 is 1.43 bits per heavy atom. The maximum Gasteiger partial charge on any atom is 0.0858 e. The molecule has 21 heavy (non-hydrogen) atoms. The fourth-order valence-electron chi connectivity index (χ4n) is 2.99. The van der Waals surface area contributed by atoms with E-state index in [0.29, 0.717) is 6.04 Å². The molecule has 1 aromatic heterocycles. The molecule has 5 nitrogen and oxygen atoms in total. The molecule has 1 aliphatic rings. The Bertz CT molecular complexity index is 405. The summed E-state index contributed by atoms with van der Waals surface area (Å²) in [7, 11) is 1.97. The number of hydrogen-bond acceptors (Lipinski definition) is 4. The van der Waals surface area contributed by atoms with E-state index < -0.39 is 0 Å². The Hall–Kier alpha value is -0.910. The van der Waals surface area contributed by atoms with Gasteiger partial charge in [-0.2, -0.15) is 5.10 Å². The Kier molecular flexibility index (Phi) is 6.67. The lowest BCUT2D eigenvalue weighted by molar-refractivity contribution is -0.0461. The third-order valence-electron chi connectivity index (χ3n) is 4.04. The molecule has 0 saturated carbocycles. The maximum atomic E-state index is 6.06. The number of aryl methyl sites for hydroxylation is 1. The van der Waals surface area contributed by atoms with E-state index in [1.807, 2.05) is 17.9 Å². The van der Waals surface area contributed by atoms with Crippen molar-refractivity contribution in [2.45, 2.75) is 45.3 Å². The predicted molar refractivity (Wildman–Crippen MR) is 85.5 cm³/mol. The Labute approximate surface area is 128 Å². The minimum Gasteiger partial charge on any atom is -0.374 e. The smallest absolute Gasteiger partial charge is 0.0858 e. The number of hydrogen-bond donors (Lipinski definition) is 1. The quantitative estimate of drug-likeness (QED) is 0.788. The number of aromatic nitrogens is 2. The molecule has 1 aliphatic heterocycles. The molecule has 0 bridgehead atoms. The largest absolute Gasteiger partial charge is 0.374 e. The summed E-state index contributed by atoms with van der Waals surface area (Å²) in [5, 5.41) is 7.95. The first-order valence-electron chi connectivity index (χ1n) is 8.27. The number of rotatable bonds is 8. The second-order valence-electron chi connectivity index (χ2n) is 6.00. The van der Waals surface area contributed by atoms with Crippen LogP contribution >= 0.6 is 0 Å². The lowest BCUT2D eigenvalue weighted by Gasteiger charge is -2.37. The molecule has 0 aromatic carbocycles. The van der Waals surface area contributed by atoms with Gasteiger partial charge in [0.2, 0.25) is 0 Å². The lowest BCUT2D eigenvalue weighted by Crippen LogP contribution is -2.53. The van der Waals surface area contributed by atoms with Gasteiger partial charge >= 0.3 is 0 Å². The predicted octanol–water partition coefficient (Wildman–Crippen LogP) is 1.44. The Morgan fingerprint density at radius 2 is 2.29 bits per heavy atom. The second-order valence-corrected chi connectivity index (χ2v) is 6.00. The van der Waals surface area contributed by atoms with Crippen LogP contribution in [0.1, 0.15) is 32.3 Å². The van der Waals surface area contributed by atoms with E-state index in [1.54, 1.807) is 0 Å². The highest BCUT2D eigenvalue weighted by atomic mass is 16.5. The molecule has 1 N–H and O–H groups in total. The van der Waals surface area contributed by atoms with Crippen LogP contribution in [0.4, 0.5) is 0 Å². The highest BCUT2D eigenvalue weighted by Gasteiger charge is 2.27. The average Bonchev–Trinajstić information content (AvgIpc) is 2.89. The molecule has 2 atom stereocenters. The SMILES string of the molecule is CCCNC(Cc1cnn(C)c1)C1CN(CCC)CCO1. The van der Waals surface area contributed by atoms with Crippen molar-refractivity contribution in [3.63, 3.8) is 0 Å². The third-order valence-corrected chi connectivity index (χ3v) is 4.04. The van der Waals surface area contributed by atoms with Gasteiger partial charge in [-0.25, -0.2) is 0 Å². The Balaban J connectivity index is 1.96. The van der Waals surface area contributed by atoms with Crippen LogP contribution in [0.25, 0.3) is 0 Å². The third kappa shape index (κ3) is 5.09. The molecule has 1 saturated heterocycles. The van der Waals surface area contributed by atoms with Crippen LogP contribution in [0, 0.1) is 0 Å². The minimum absolute atomic E-state index is 0.275. The van der Waals surface area contributed by atoms with Gasteiger partial charge in [0.1, 0.15) is 0 Å². The molecular formula is C16H30N4O. The maximum absolute atomic E-state index is 6.06. The average molecular weight is 294 g/mol. The summed E-state index contributed by atoms with van der Waals surface area (Å²) in [5.74, 6) is 0. The lowest BCUT2D eigenvalue weighted by atomic mass is 10.0. The van der Waals surface area contributed by atoms with E-state index in [2.05, 4.69) is 35.4 Å². The molecule has 2 unspecified atom stereocenters. The van der Waals surface area contributed by atoms with Gasteiger partial charge in [0.25, 0.3) is 0 Å².